The number of ether oxygens (including phenoxy) is 2. The first-order valence-electron chi connectivity index (χ1n) is 18.7. The number of nitrogens with one attached hydrogen (secondary N) is 3. The number of nitrogens with zero attached hydrogens (tertiary/aromatic N) is 2. The SMILES string of the molecule is C=C[C@H](C)C(NC(=O)[C@@H]1C[C@@H]2CN1C(=O)[C@H](C1CCCC1)NC(=O)OCC1(CCCc3ccc4ccnc(c4c3)O2)CC1)C(=O)NS(=O)(=O)C1CC1. The molecule has 14 heteroatoms. The number of fused-ring (bicyclic) bond motifs is 3. The van der Waals surface area contributed by atoms with Crippen molar-refractivity contribution in [3.63, 3.8) is 0 Å². The van der Waals surface area contributed by atoms with Crippen LogP contribution in [-0.4, -0.2) is 84.7 Å². The molecule has 7 rings (SSSR count). The van der Waals surface area contributed by atoms with E-state index in [0.29, 0.717) is 18.7 Å². The second-order valence-corrected chi connectivity index (χ2v) is 17.5. The van der Waals surface area contributed by atoms with Crippen LogP contribution < -0.4 is 20.1 Å². The van der Waals surface area contributed by atoms with Crippen LogP contribution in [0, 0.1) is 17.3 Å². The van der Waals surface area contributed by atoms with Gasteiger partial charge < -0.3 is 25.0 Å². The fraction of sp³-hybridized carbons (Fsp3) is 0.605. The Morgan fingerprint density at radius 2 is 1.87 bits per heavy atom. The standard InChI is InChI=1S/C38H49N5O8S/c1-3-23(2)31(34(45)42-52(48,49)28-12-13-28)40-33(44)30-20-27-21-43(30)36(46)32(26-8-4-5-9-26)41-37(47)50-22-38(16-17-38)15-6-7-24-10-11-25-14-18-39-35(51-27)29(25)19-24/h3,10-11,14,18-19,23,26-28,30-32H,1,4-9,12-13,15-17,20-22H2,2H3,(H,40,44)(H,41,47)(H,42,45)/t23-,27+,30-,31?,32-/m0/s1. The maximum Gasteiger partial charge on any atom is 0.407 e. The lowest BCUT2D eigenvalue weighted by Crippen LogP contribution is -2.58. The second-order valence-electron chi connectivity index (χ2n) is 15.5. The molecule has 3 N–H and O–H groups in total. The monoisotopic (exact) mass is 735 g/mol. The molecule has 3 saturated carbocycles. The Labute approximate surface area is 304 Å². The summed E-state index contributed by atoms with van der Waals surface area (Å²) in [6.07, 6.45) is 10.8. The largest absolute Gasteiger partial charge is 0.472 e. The van der Waals surface area contributed by atoms with Gasteiger partial charge in [-0.15, -0.1) is 6.58 Å². The van der Waals surface area contributed by atoms with Crippen molar-refractivity contribution >= 4 is 44.6 Å². The summed E-state index contributed by atoms with van der Waals surface area (Å²) >= 11 is 0. The predicted molar refractivity (Wildman–Crippen MR) is 192 cm³/mol. The number of aromatic nitrogens is 1. The van der Waals surface area contributed by atoms with Gasteiger partial charge in [-0.25, -0.2) is 18.2 Å². The number of sulfonamides is 1. The Balaban J connectivity index is 1.20. The average molecular weight is 736 g/mol. The molecule has 4 amide bonds. The van der Waals surface area contributed by atoms with Crippen molar-refractivity contribution in [3.05, 3.63) is 48.7 Å². The number of carbonyl (C=O) groups is 4. The molecular weight excluding hydrogens is 687 g/mol. The van der Waals surface area contributed by atoms with Gasteiger partial charge in [0.05, 0.1) is 18.4 Å². The smallest absolute Gasteiger partial charge is 0.407 e. The Hall–Kier alpha value is -4.20. The first-order chi connectivity index (χ1) is 24.9. The molecular formula is C38H49N5O8S. The lowest BCUT2D eigenvalue weighted by Gasteiger charge is -2.32. The molecule has 4 fully saturated rings. The lowest BCUT2D eigenvalue weighted by atomic mass is 9.96. The molecule has 5 aliphatic rings. The number of hydrogen-bond donors (Lipinski definition) is 3. The van der Waals surface area contributed by atoms with Gasteiger partial charge in [0.25, 0.3) is 5.91 Å². The van der Waals surface area contributed by atoms with Gasteiger partial charge in [0.1, 0.15) is 24.2 Å². The zero-order valence-electron chi connectivity index (χ0n) is 29.7. The minimum Gasteiger partial charge on any atom is -0.472 e. The summed E-state index contributed by atoms with van der Waals surface area (Å²) in [5, 5.41) is 6.78. The molecule has 13 nitrogen and oxygen atoms in total. The summed E-state index contributed by atoms with van der Waals surface area (Å²) in [7, 11) is -3.89. The summed E-state index contributed by atoms with van der Waals surface area (Å²) < 4.78 is 39.8. The van der Waals surface area contributed by atoms with Crippen molar-refractivity contribution in [1.29, 1.82) is 0 Å². The fourth-order valence-corrected chi connectivity index (χ4v) is 9.34. The van der Waals surface area contributed by atoms with Crippen LogP contribution in [0.15, 0.2) is 43.1 Å². The number of cyclic esters (lactones) is 1. The van der Waals surface area contributed by atoms with E-state index in [1.807, 2.05) is 12.1 Å². The molecule has 4 bridgehead atoms. The minimum absolute atomic E-state index is 0.0294. The van der Waals surface area contributed by atoms with E-state index in [1.54, 1.807) is 13.1 Å². The molecule has 1 spiro atoms. The van der Waals surface area contributed by atoms with Gasteiger partial charge in [0.2, 0.25) is 27.7 Å². The zero-order valence-corrected chi connectivity index (χ0v) is 30.5. The third-order valence-corrected chi connectivity index (χ3v) is 13.5. The lowest BCUT2D eigenvalue weighted by molar-refractivity contribution is -0.141. The fourth-order valence-electron chi connectivity index (χ4n) is 8.01. The van der Waals surface area contributed by atoms with Crippen LogP contribution in [-0.2, 0) is 35.6 Å². The Bertz CT molecular complexity index is 1840. The highest BCUT2D eigenvalue weighted by Crippen LogP contribution is 2.50. The number of rotatable bonds is 8. The van der Waals surface area contributed by atoms with E-state index in [-0.39, 0.29) is 30.9 Å². The third-order valence-electron chi connectivity index (χ3n) is 11.7. The van der Waals surface area contributed by atoms with E-state index >= 15 is 0 Å². The van der Waals surface area contributed by atoms with Crippen LogP contribution in [0.4, 0.5) is 4.79 Å². The van der Waals surface area contributed by atoms with Gasteiger partial charge in [-0.2, -0.15) is 0 Å². The van der Waals surface area contributed by atoms with Crippen LogP contribution in [0.2, 0.25) is 0 Å². The van der Waals surface area contributed by atoms with Crippen LogP contribution in [0.5, 0.6) is 5.88 Å². The average Bonchev–Trinajstić information content (AvgIpc) is 4.03. The van der Waals surface area contributed by atoms with Crippen molar-refractivity contribution in [3.8, 4) is 5.88 Å². The summed E-state index contributed by atoms with van der Waals surface area (Å²) in [5.41, 5.74) is 1.07. The molecule has 2 aliphatic heterocycles. The molecule has 1 saturated heterocycles. The predicted octanol–water partition coefficient (Wildman–Crippen LogP) is 3.90. The molecule has 0 radical (unpaired) electrons. The van der Waals surface area contributed by atoms with Crippen molar-refractivity contribution in [2.24, 2.45) is 17.3 Å². The summed E-state index contributed by atoms with van der Waals surface area (Å²) in [6, 6.07) is 4.86. The highest BCUT2D eigenvalue weighted by molar-refractivity contribution is 7.90. The zero-order chi connectivity index (χ0) is 36.6. The Morgan fingerprint density at radius 1 is 1.10 bits per heavy atom. The highest BCUT2D eigenvalue weighted by Gasteiger charge is 2.48. The van der Waals surface area contributed by atoms with Gasteiger partial charge >= 0.3 is 6.09 Å². The third kappa shape index (κ3) is 7.91. The number of carbonyl (C=O) groups excluding carboxylic acids is 4. The number of amides is 4. The number of pyridine rings is 1. The van der Waals surface area contributed by atoms with Crippen molar-refractivity contribution < 1.29 is 37.1 Å². The van der Waals surface area contributed by atoms with Crippen LogP contribution >= 0.6 is 0 Å². The van der Waals surface area contributed by atoms with Crippen molar-refractivity contribution in [2.45, 2.75) is 113 Å². The van der Waals surface area contributed by atoms with E-state index in [2.05, 4.69) is 39.1 Å². The van der Waals surface area contributed by atoms with E-state index in [4.69, 9.17) is 9.47 Å². The molecule has 280 valence electrons. The van der Waals surface area contributed by atoms with Crippen LogP contribution in [0.3, 0.4) is 0 Å². The second kappa shape index (κ2) is 14.7. The molecule has 1 unspecified atom stereocenters. The van der Waals surface area contributed by atoms with E-state index in [0.717, 1.165) is 74.1 Å². The first kappa shape index (κ1) is 36.2. The molecule has 3 heterocycles. The molecule has 3 aliphatic carbocycles. The van der Waals surface area contributed by atoms with Gasteiger partial charge in [-0.05, 0) is 86.8 Å². The normalized spacial score (nSPS) is 26.4. The number of alkyl carbamates (subject to hydrolysis) is 1. The van der Waals surface area contributed by atoms with Gasteiger partial charge in [0.15, 0.2) is 0 Å². The number of benzene rings is 1. The summed E-state index contributed by atoms with van der Waals surface area (Å²) in [6.45, 7) is 5.72. The van der Waals surface area contributed by atoms with Gasteiger partial charge in [0, 0.05) is 29.3 Å². The topological polar surface area (TPSA) is 173 Å². The van der Waals surface area contributed by atoms with Gasteiger partial charge in [-0.1, -0.05) is 38.0 Å². The Morgan fingerprint density at radius 3 is 2.58 bits per heavy atom. The van der Waals surface area contributed by atoms with E-state index < -0.39 is 69.2 Å². The molecule has 5 atom stereocenters. The molecule has 1 aromatic heterocycles. The molecule has 2 aromatic rings. The quantitative estimate of drug-likeness (QED) is 0.340. The maximum atomic E-state index is 14.6. The minimum atomic E-state index is -3.89. The van der Waals surface area contributed by atoms with Crippen molar-refractivity contribution in [2.75, 3.05) is 13.2 Å². The van der Waals surface area contributed by atoms with Crippen LogP contribution in [0.1, 0.15) is 83.1 Å². The number of aryl methyl sites for hydroxylation is 1. The van der Waals surface area contributed by atoms with E-state index in [1.165, 1.54) is 11.0 Å². The highest BCUT2D eigenvalue weighted by atomic mass is 32.2. The van der Waals surface area contributed by atoms with Crippen molar-refractivity contribution in [1.82, 2.24) is 25.2 Å². The first-order valence-corrected chi connectivity index (χ1v) is 20.3. The maximum absolute atomic E-state index is 14.6. The molecule has 52 heavy (non-hydrogen) atoms. The van der Waals surface area contributed by atoms with E-state index in [9.17, 15) is 27.6 Å². The van der Waals surface area contributed by atoms with Gasteiger partial charge in [-0.3, -0.25) is 19.1 Å². The summed E-state index contributed by atoms with van der Waals surface area (Å²) in [5.74, 6) is -2.32. The molecule has 1 aromatic carbocycles. The van der Waals surface area contributed by atoms with Crippen LogP contribution in [0.25, 0.3) is 10.8 Å². The summed E-state index contributed by atoms with van der Waals surface area (Å²) in [4.78, 5) is 61.5. The number of hydrogen-bond acceptors (Lipinski definition) is 9. The Kier molecular flexibility index (Phi) is 10.2.